The first-order valence-corrected chi connectivity index (χ1v) is 12.1. The van der Waals surface area contributed by atoms with Gasteiger partial charge in [0.2, 0.25) is 0 Å². The third-order valence-electron chi connectivity index (χ3n) is 4.98. The quantitative estimate of drug-likeness (QED) is 0.374. The molecule has 0 aliphatic carbocycles. The fourth-order valence-corrected chi connectivity index (χ4v) is 4.58. The Labute approximate surface area is 210 Å². The van der Waals surface area contributed by atoms with Gasteiger partial charge in [-0.3, -0.25) is 19.3 Å². The van der Waals surface area contributed by atoms with Gasteiger partial charge in [-0.15, -0.1) is 0 Å². The van der Waals surface area contributed by atoms with E-state index < -0.39 is 0 Å². The van der Waals surface area contributed by atoms with Crippen LogP contribution in [0.5, 0.6) is 5.75 Å². The molecule has 0 unspecified atom stereocenters. The van der Waals surface area contributed by atoms with Crippen LogP contribution in [-0.2, 0) is 16.1 Å². The Bertz CT molecular complexity index is 1280. The van der Waals surface area contributed by atoms with Crippen molar-refractivity contribution in [2.24, 2.45) is 0 Å². The predicted molar refractivity (Wildman–Crippen MR) is 137 cm³/mol. The van der Waals surface area contributed by atoms with E-state index >= 15 is 0 Å². The van der Waals surface area contributed by atoms with Gasteiger partial charge in [-0.25, -0.2) is 0 Å². The van der Waals surface area contributed by atoms with E-state index in [-0.39, 0.29) is 30.2 Å². The molecule has 8 heteroatoms. The lowest BCUT2D eigenvalue weighted by Gasteiger charge is -2.12. The highest BCUT2D eigenvalue weighted by atomic mass is 79.9. The number of anilines is 1. The average molecular weight is 537 g/mol. The normalized spacial score (nSPS) is 14.5. The van der Waals surface area contributed by atoms with Crippen LogP contribution in [0.15, 0.2) is 82.2 Å². The predicted octanol–water partition coefficient (Wildman–Crippen LogP) is 6.01. The molecule has 3 aromatic rings. The lowest BCUT2D eigenvalue weighted by molar-refractivity contribution is -0.123. The average Bonchev–Trinajstić information content (AvgIpc) is 3.06. The maximum atomic E-state index is 12.9. The maximum Gasteiger partial charge on any atom is 0.293 e. The van der Waals surface area contributed by atoms with Crippen LogP contribution in [0.2, 0.25) is 0 Å². The third-order valence-corrected chi connectivity index (χ3v) is 6.38. The third kappa shape index (κ3) is 5.95. The van der Waals surface area contributed by atoms with E-state index in [1.54, 1.807) is 24.3 Å². The molecule has 1 saturated heterocycles. The monoisotopic (exact) mass is 536 g/mol. The summed E-state index contributed by atoms with van der Waals surface area (Å²) < 4.78 is 6.53. The van der Waals surface area contributed by atoms with E-state index in [2.05, 4.69) is 21.2 Å². The Morgan fingerprint density at radius 1 is 1.06 bits per heavy atom. The van der Waals surface area contributed by atoms with Crippen molar-refractivity contribution in [1.29, 1.82) is 0 Å². The van der Waals surface area contributed by atoms with Crippen LogP contribution in [0.4, 0.5) is 10.5 Å². The Morgan fingerprint density at radius 2 is 1.85 bits per heavy atom. The number of nitrogens with zero attached hydrogens (tertiary/aromatic N) is 1. The molecule has 0 bridgehead atoms. The van der Waals surface area contributed by atoms with Crippen molar-refractivity contribution in [3.63, 3.8) is 0 Å². The summed E-state index contributed by atoms with van der Waals surface area (Å²) in [6, 6.07) is 22.1. The number of halogens is 1. The second-order valence-corrected chi connectivity index (χ2v) is 9.55. The minimum absolute atomic E-state index is 0.202. The molecule has 0 spiro atoms. The van der Waals surface area contributed by atoms with E-state index in [1.807, 2.05) is 61.5 Å². The lowest BCUT2D eigenvalue weighted by atomic mass is 10.1. The highest BCUT2D eigenvalue weighted by Gasteiger charge is 2.35. The molecule has 34 heavy (non-hydrogen) atoms. The second-order valence-electron chi connectivity index (χ2n) is 7.64. The molecule has 1 fully saturated rings. The van der Waals surface area contributed by atoms with Gasteiger partial charge in [-0.1, -0.05) is 58.4 Å². The Hall–Kier alpha value is -3.36. The number of hydrogen-bond donors (Lipinski definition) is 1. The van der Waals surface area contributed by atoms with Crippen molar-refractivity contribution in [3.8, 4) is 5.75 Å². The number of carbonyl (C=O) groups excluding carboxylic acids is 3. The number of amides is 3. The number of benzene rings is 3. The highest BCUT2D eigenvalue weighted by Crippen LogP contribution is 2.35. The molecule has 6 nitrogen and oxygen atoms in total. The molecule has 4 rings (SSSR count). The van der Waals surface area contributed by atoms with Crippen LogP contribution < -0.4 is 10.1 Å². The van der Waals surface area contributed by atoms with Gasteiger partial charge in [0.15, 0.2) is 6.61 Å². The minimum Gasteiger partial charge on any atom is -0.483 e. The highest BCUT2D eigenvalue weighted by molar-refractivity contribution is 9.10. The van der Waals surface area contributed by atoms with E-state index in [9.17, 15) is 14.4 Å². The zero-order valence-electron chi connectivity index (χ0n) is 18.3. The maximum absolute atomic E-state index is 12.9. The summed E-state index contributed by atoms with van der Waals surface area (Å²) in [5.74, 6) is -0.234. The van der Waals surface area contributed by atoms with Crippen molar-refractivity contribution >= 4 is 56.5 Å². The van der Waals surface area contributed by atoms with Crippen molar-refractivity contribution in [2.45, 2.75) is 13.5 Å². The fraction of sp³-hybridized carbons (Fsp3) is 0.115. The van der Waals surface area contributed by atoms with Crippen molar-refractivity contribution < 1.29 is 19.1 Å². The minimum atomic E-state index is -0.359. The van der Waals surface area contributed by atoms with E-state index in [0.29, 0.717) is 21.9 Å². The van der Waals surface area contributed by atoms with Crippen molar-refractivity contribution in [2.75, 3.05) is 11.9 Å². The lowest BCUT2D eigenvalue weighted by Crippen LogP contribution is -2.27. The first-order chi connectivity index (χ1) is 16.4. The van der Waals surface area contributed by atoms with Gasteiger partial charge in [0.05, 0.1) is 11.4 Å². The largest absolute Gasteiger partial charge is 0.483 e. The van der Waals surface area contributed by atoms with Gasteiger partial charge < -0.3 is 10.1 Å². The first-order valence-electron chi connectivity index (χ1n) is 10.5. The molecule has 3 amide bonds. The topological polar surface area (TPSA) is 75.7 Å². The summed E-state index contributed by atoms with van der Waals surface area (Å²) >= 11 is 4.31. The summed E-state index contributed by atoms with van der Waals surface area (Å²) in [7, 11) is 0. The van der Waals surface area contributed by atoms with Gasteiger partial charge in [0.1, 0.15) is 5.75 Å². The number of imide groups is 1. The number of thioether (sulfide) groups is 1. The molecule has 1 heterocycles. The van der Waals surface area contributed by atoms with Gasteiger partial charge >= 0.3 is 0 Å². The van der Waals surface area contributed by atoms with E-state index in [4.69, 9.17) is 4.74 Å². The van der Waals surface area contributed by atoms with Gasteiger partial charge in [-0.05, 0) is 66.2 Å². The number of carbonyl (C=O) groups is 3. The number of hydrogen-bond acceptors (Lipinski definition) is 5. The molecule has 1 N–H and O–H groups in total. The van der Waals surface area contributed by atoms with Crippen LogP contribution in [0.3, 0.4) is 0 Å². The molecule has 0 aromatic heterocycles. The summed E-state index contributed by atoms with van der Waals surface area (Å²) in [6.07, 6.45) is 1.62. The van der Waals surface area contributed by atoms with E-state index in [0.717, 1.165) is 27.4 Å². The summed E-state index contributed by atoms with van der Waals surface area (Å²) in [6.45, 7) is 1.96. The molecule has 172 valence electrons. The summed E-state index contributed by atoms with van der Waals surface area (Å²) in [4.78, 5) is 39.3. The molecular weight excluding hydrogens is 516 g/mol. The standard InChI is InChI=1S/C26H21BrN2O4S/c1-17-6-5-9-21(12-17)28-24(30)16-33-22-11-10-20(27)13-19(22)14-23-25(31)29(26(32)34-23)15-18-7-3-2-4-8-18/h2-14H,15-16H2,1H3,(H,28,30)/b23-14-. The van der Waals surface area contributed by atoms with Crippen molar-refractivity contribution in [1.82, 2.24) is 4.90 Å². The fourth-order valence-electron chi connectivity index (χ4n) is 3.37. The summed E-state index contributed by atoms with van der Waals surface area (Å²) in [5, 5.41) is 2.48. The second kappa shape index (κ2) is 10.7. The SMILES string of the molecule is Cc1cccc(NC(=O)COc2ccc(Br)cc2/C=C2\SC(=O)N(Cc3ccccc3)C2=O)c1. The van der Waals surface area contributed by atoms with Crippen LogP contribution >= 0.6 is 27.7 Å². The Kier molecular flexibility index (Phi) is 7.49. The molecule has 0 saturated carbocycles. The molecular formula is C26H21BrN2O4S. The zero-order chi connectivity index (χ0) is 24.1. The van der Waals surface area contributed by atoms with Gasteiger partial charge in [0, 0.05) is 15.7 Å². The number of nitrogens with one attached hydrogen (secondary N) is 1. The number of aryl methyl sites for hydroxylation is 1. The van der Waals surface area contributed by atoms with Crippen LogP contribution in [-0.4, -0.2) is 28.6 Å². The molecule has 1 aliphatic heterocycles. The van der Waals surface area contributed by atoms with Gasteiger partial charge in [-0.2, -0.15) is 0 Å². The molecule has 3 aromatic carbocycles. The van der Waals surface area contributed by atoms with Gasteiger partial charge in [0.25, 0.3) is 17.1 Å². The smallest absolute Gasteiger partial charge is 0.293 e. The van der Waals surface area contributed by atoms with Crippen molar-refractivity contribution in [3.05, 3.63) is 98.9 Å². The zero-order valence-corrected chi connectivity index (χ0v) is 20.7. The van der Waals surface area contributed by atoms with Crippen LogP contribution in [0.1, 0.15) is 16.7 Å². The molecule has 1 aliphatic rings. The first kappa shape index (κ1) is 23.8. The van der Waals surface area contributed by atoms with E-state index in [1.165, 1.54) is 4.90 Å². The molecule has 0 radical (unpaired) electrons. The van der Waals surface area contributed by atoms with Crippen LogP contribution in [0.25, 0.3) is 6.08 Å². The number of rotatable bonds is 7. The Balaban J connectivity index is 1.48. The van der Waals surface area contributed by atoms with Crippen LogP contribution in [0, 0.1) is 6.92 Å². The molecule has 0 atom stereocenters. The summed E-state index contributed by atoms with van der Waals surface area (Å²) in [5.41, 5.74) is 3.19. The number of ether oxygens (including phenoxy) is 1. The Morgan fingerprint density at radius 3 is 2.62 bits per heavy atom.